The predicted octanol–water partition coefficient (Wildman–Crippen LogP) is 3.85. The van der Waals surface area contributed by atoms with E-state index in [1.54, 1.807) is 0 Å². The molecule has 0 spiro atoms. The minimum atomic E-state index is 0. The zero-order valence-electron chi connectivity index (χ0n) is 18.5. The van der Waals surface area contributed by atoms with Crippen LogP contribution in [0.1, 0.15) is 57.9 Å². The van der Waals surface area contributed by atoms with Crippen molar-refractivity contribution < 1.29 is 9.53 Å². The van der Waals surface area contributed by atoms with E-state index in [4.69, 9.17) is 9.73 Å². The third-order valence-corrected chi connectivity index (χ3v) is 5.54. The summed E-state index contributed by atoms with van der Waals surface area (Å²) in [5.74, 6) is 0.840. The molecule has 7 heteroatoms. The Balaban J connectivity index is 0.00000450. The summed E-state index contributed by atoms with van der Waals surface area (Å²) in [7, 11) is 0. The molecule has 1 aliphatic rings. The van der Waals surface area contributed by atoms with Crippen molar-refractivity contribution in [3.05, 3.63) is 35.9 Å². The highest BCUT2D eigenvalue weighted by molar-refractivity contribution is 14.0. The standard InChI is InChI=1S/C23H38N4O2.HI/c1-3-24-22(27-19-23(13-8-9-14-23)15-17-29-4-2)25-16-12-21(28)26-18-20-10-6-5-7-11-20;/h5-7,10-11H,3-4,8-9,12-19H2,1-2H3,(H,26,28)(H2,24,25,27);1H. The molecule has 1 saturated carbocycles. The molecule has 0 aliphatic heterocycles. The Hall–Kier alpha value is -1.35. The lowest BCUT2D eigenvalue weighted by Crippen LogP contribution is -2.40. The van der Waals surface area contributed by atoms with Gasteiger partial charge in [0.1, 0.15) is 0 Å². The maximum Gasteiger partial charge on any atom is 0.222 e. The number of carbonyl (C=O) groups excluding carboxylic acids is 1. The van der Waals surface area contributed by atoms with Crippen molar-refractivity contribution in [2.24, 2.45) is 10.4 Å². The summed E-state index contributed by atoms with van der Waals surface area (Å²) in [6.07, 6.45) is 6.52. The van der Waals surface area contributed by atoms with Gasteiger partial charge in [0.2, 0.25) is 5.91 Å². The summed E-state index contributed by atoms with van der Waals surface area (Å²) in [5.41, 5.74) is 1.38. The van der Waals surface area contributed by atoms with E-state index in [1.165, 1.54) is 25.7 Å². The van der Waals surface area contributed by atoms with Crippen molar-refractivity contribution in [3.63, 3.8) is 0 Å². The van der Waals surface area contributed by atoms with Crippen LogP contribution in [0.15, 0.2) is 35.3 Å². The SMILES string of the molecule is CCNC(=NCC1(CCOCC)CCCC1)NCCC(=O)NCc1ccccc1.I. The van der Waals surface area contributed by atoms with Crippen molar-refractivity contribution in [1.82, 2.24) is 16.0 Å². The molecule has 0 saturated heterocycles. The van der Waals surface area contributed by atoms with Crippen molar-refractivity contribution >= 4 is 35.8 Å². The molecule has 0 heterocycles. The van der Waals surface area contributed by atoms with Crippen molar-refractivity contribution in [2.75, 3.05) is 32.8 Å². The van der Waals surface area contributed by atoms with E-state index in [0.29, 0.717) is 19.5 Å². The fourth-order valence-corrected chi connectivity index (χ4v) is 3.81. The maximum atomic E-state index is 12.1. The van der Waals surface area contributed by atoms with E-state index >= 15 is 0 Å². The second kappa shape index (κ2) is 15.5. The van der Waals surface area contributed by atoms with Crippen LogP contribution in [0.3, 0.4) is 0 Å². The first-order valence-corrected chi connectivity index (χ1v) is 11.1. The molecule has 6 nitrogen and oxygen atoms in total. The molecule has 30 heavy (non-hydrogen) atoms. The number of carbonyl (C=O) groups is 1. The summed E-state index contributed by atoms with van der Waals surface area (Å²) < 4.78 is 5.60. The largest absolute Gasteiger partial charge is 0.382 e. The Kier molecular flexibility index (Phi) is 13.7. The van der Waals surface area contributed by atoms with E-state index in [-0.39, 0.29) is 35.3 Å². The number of rotatable bonds is 12. The van der Waals surface area contributed by atoms with Crippen molar-refractivity contribution in [3.8, 4) is 0 Å². The average molecular weight is 530 g/mol. The molecule has 0 unspecified atom stereocenters. The quantitative estimate of drug-likeness (QED) is 0.166. The van der Waals surface area contributed by atoms with Gasteiger partial charge < -0.3 is 20.7 Å². The smallest absolute Gasteiger partial charge is 0.222 e. The summed E-state index contributed by atoms with van der Waals surface area (Å²) in [4.78, 5) is 16.9. The second-order valence-electron chi connectivity index (χ2n) is 7.79. The van der Waals surface area contributed by atoms with Crippen LogP contribution < -0.4 is 16.0 Å². The highest BCUT2D eigenvalue weighted by Gasteiger charge is 2.33. The zero-order valence-corrected chi connectivity index (χ0v) is 20.9. The molecular weight excluding hydrogens is 491 g/mol. The number of ether oxygens (including phenoxy) is 1. The van der Waals surface area contributed by atoms with E-state index in [0.717, 1.165) is 44.2 Å². The van der Waals surface area contributed by atoms with Crippen LogP contribution >= 0.6 is 24.0 Å². The highest BCUT2D eigenvalue weighted by Crippen LogP contribution is 2.41. The number of nitrogens with one attached hydrogen (secondary N) is 3. The molecule has 0 atom stereocenters. The molecule has 3 N–H and O–H groups in total. The Morgan fingerprint density at radius 1 is 1.10 bits per heavy atom. The lowest BCUT2D eigenvalue weighted by atomic mass is 9.83. The Bertz CT molecular complexity index is 619. The molecular formula is C23H39IN4O2. The summed E-state index contributed by atoms with van der Waals surface area (Å²) >= 11 is 0. The maximum absolute atomic E-state index is 12.1. The number of hydrogen-bond donors (Lipinski definition) is 3. The fraction of sp³-hybridized carbons (Fsp3) is 0.652. The lowest BCUT2D eigenvalue weighted by molar-refractivity contribution is -0.121. The monoisotopic (exact) mass is 530 g/mol. The molecule has 1 aromatic rings. The number of aliphatic imine (C=N–C) groups is 1. The van der Waals surface area contributed by atoms with E-state index in [9.17, 15) is 4.79 Å². The van der Waals surface area contributed by atoms with Gasteiger partial charge in [-0.15, -0.1) is 24.0 Å². The topological polar surface area (TPSA) is 74.8 Å². The Morgan fingerprint density at radius 2 is 1.83 bits per heavy atom. The van der Waals surface area contributed by atoms with Gasteiger partial charge in [-0.3, -0.25) is 9.79 Å². The van der Waals surface area contributed by atoms with Crippen LogP contribution in [-0.2, 0) is 16.1 Å². The third kappa shape index (κ3) is 10.1. The fourth-order valence-electron chi connectivity index (χ4n) is 3.81. The molecule has 1 aromatic carbocycles. The van der Waals surface area contributed by atoms with Gasteiger partial charge in [-0.25, -0.2) is 0 Å². The first-order valence-electron chi connectivity index (χ1n) is 11.1. The number of benzene rings is 1. The first kappa shape index (κ1) is 26.7. The Labute approximate surface area is 199 Å². The van der Waals surface area contributed by atoms with E-state index in [2.05, 4.69) is 22.9 Å². The summed E-state index contributed by atoms with van der Waals surface area (Å²) in [5, 5.41) is 9.57. The molecule has 0 aromatic heterocycles. The number of halogens is 1. The first-order chi connectivity index (χ1) is 14.2. The van der Waals surface area contributed by atoms with Gasteiger partial charge in [-0.1, -0.05) is 43.2 Å². The molecule has 1 fully saturated rings. The van der Waals surface area contributed by atoms with Gasteiger partial charge in [0, 0.05) is 45.8 Å². The minimum absolute atomic E-state index is 0. The number of hydrogen-bond acceptors (Lipinski definition) is 3. The van der Waals surface area contributed by atoms with E-state index < -0.39 is 0 Å². The van der Waals surface area contributed by atoms with Gasteiger partial charge >= 0.3 is 0 Å². The van der Waals surface area contributed by atoms with Crippen molar-refractivity contribution in [2.45, 2.75) is 58.9 Å². The summed E-state index contributed by atoms with van der Waals surface area (Å²) in [6, 6.07) is 9.96. The lowest BCUT2D eigenvalue weighted by Gasteiger charge is -2.27. The van der Waals surface area contributed by atoms with Crippen LogP contribution in [0.5, 0.6) is 0 Å². The van der Waals surface area contributed by atoms with Gasteiger partial charge in [-0.05, 0) is 44.1 Å². The Morgan fingerprint density at radius 3 is 2.50 bits per heavy atom. The third-order valence-electron chi connectivity index (χ3n) is 5.54. The van der Waals surface area contributed by atoms with Crippen LogP contribution in [-0.4, -0.2) is 44.7 Å². The van der Waals surface area contributed by atoms with Crippen LogP contribution in [0, 0.1) is 5.41 Å². The van der Waals surface area contributed by atoms with E-state index in [1.807, 2.05) is 37.3 Å². The van der Waals surface area contributed by atoms with Crippen LogP contribution in [0.25, 0.3) is 0 Å². The zero-order chi connectivity index (χ0) is 20.8. The van der Waals surface area contributed by atoms with Gasteiger partial charge in [0.15, 0.2) is 5.96 Å². The van der Waals surface area contributed by atoms with Crippen LogP contribution in [0.2, 0.25) is 0 Å². The molecule has 1 amide bonds. The highest BCUT2D eigenvalue weighted by atomic mass is 127. The predicted molar refractivity (Wildman–Crippen MR) is 134 cm³/mol. The number of amides is 1. The number of nitrogens with zero attached hydrogens (tertiary/aromatic N) is 1. The van der Waals surface area contributed by atoms with Crippen molar-refractivity contribution in [1.29, 1.82) is 0 Å². The molecule has 170 valence electrons. The molecule has 0 bridgehead atoms. The molecule has 0 radical (unpaired) electrons. The van der Waals surface area contributed by atoms with Gasteiger partial charge in [-0.2, -0.15) is 0 Å². The van der Waals surface area contributed by atoms with Crippen LogP contribution in [0.4, 0.5) is 0 Å². The normalized spacial score (nSPS) is 15.3. The minimum Gasteiger partial charge on any atom is -0.382 e. The van der Waals surface area contributed by atoms with Gasteiger partial charge in [0.05, 0.1) is 0 Å². The van der Waals surface area contributed by atoms with Gasteiger partial charge in [0.25, 0.3) is 0 Å². The number of guanidine groups is 1. The second-order valence-corrected chi connectivity index (χ2v) is 7.79. The average Bonchev–Trinajstić information content (AvgIpc) is 3.20. The summed E-state index contributed by atoms with van der Waals surface area (Å²) in [6.45, 7) is 8.45. The molecule has 2 rings (SSSR count). The molecule has 1 aliphatic carbocycles.